The third-order valence-electron chi connectivity index (χ3n) is 4.47. The number of nitrogens with one attached hydrogen (secondary N) is 1. The third-order valence-corrected chi connectivity index (χ3v) is 4.47. The summed E-state index contributed by atoms with van der Waals surface area (Å²) < 4.78 is 0. The SMILES string of the molecule is Cc1ccccc1[C@H](C)NC(=O)[C@H]1CC(C)C[C@H]1C(=O)O. The molecule has 1 aliphatic rings. The van der Waals surface area contributed by atoms with E-state index in [1.165, 1.54) is 0 Å². The number of aryl methyl sites for hydroxylation is 1. The molecule has 1 aromatic carbocycles. The molecule has 0 bridgehead atoms. The van der Waals surface area contributed by atoms with Crippen LogP contribution in [-0.2, 0) is 9.59 Å². The number of benzene rings is 1. The van der Waals surface area contributed by atoms with Gasteiger partial charge in [0.15, 0.2) is 0 Å². The van der Waals surface area contributed by atoms with Crippen molar-refractivity contribution in [2.75, 3.05) is 0 Å². The van der Waals surface area contributed by atoms with Crippen LogP contribution in [0.3, 0.4) is 0 Å². The van der Waals surface area contributed by atoms with Gasteiger partial charge in [0.25, 0.3) is 0 Å². The van der Waals surface area contributed by atoms with E-state index >= 15 is 0 Å². The van der Waals surface area contributed by atoms with Crippen LogP contribution in [0.1, 0.15) is 43.9 Å². The Morgan fingerprint density at radius 1 is 1.24 bits per heavy atom. The molecule has 4 nitrogen and oxygen atoms in total. The Kier molecular flexibility index (Phi) is 4.66. The number of carbonyl (C=O) groups excluding carboxylic acids is 1. The first-order valence-corrected chi connectivity index (χ1v) is 7.48. The van der Waals surface area contributed by atoms with Gasteiger partial charge in [0, 0.05) is 0 Å². The molecule has 1 saturated carbocycles. The van der Waals surface area contributed by atoms with Crippen LogP contribution < -0.4 is 5.32 Å². The van der Waals surface area contributed by atoms with Crippen LogP contribution >= 0.6 is 0 Å². The summed E-state index contributed by atoms with van der Waals surface area (Å²) in [6.45, 7) is 5.96. The third kappa shape index (κ3) is 3.43. The van der Waals surface area contributed by atoms with E-state index in [0.717, 1.165) is 11.1 Å². The van der Waals surface area contributed by atoms with Crippen LogP contribution in [0.25, 0.3) is 0 Å². The molecule has 2 rings (SSSR count). The standard InChI is InChI=1S/C17H23NO3/c1-10-8-14(15(9-10)17(20)21)16(19)18-12(3)13-7-5-4-6-11(13)2/h4-7,10,12,14-15H,8-9H2,1-3H3,(H,18,19)(H,20,21)/t10?,12-,14-,15+/m0/s1. The van der Waals surface area contributed by atoms with Gasteiger partial charge in [-0.25, -0.2) is 0 Å². The number of aliphatic carboxylic acids is 1. The molecule has 1 unspecified atom stereocenters. The summed E-state index contributed by atoms with van der Waals surface area (Å²) in [5, 5.41) is 12.2. The maximum absolute atomic E-state index is 12.4. The van der Waals surface area contributed by atoms with Crippen LogP contribution in [0.15, 0.2) is 24.3 Å². The fourth-order valence-electron chi connectivity index (χ4n) is 3.33. The molecule has 1 fully saturated rings. The van der Waals surface area contributed by atoms with Gasteiger partial charge in [0.2, 0.25) is 5.91 Å². The minimum absolute atomic E-state index is 0.107. The first-order chi connectivity index (χ1) is 9.90. The molecular weight excluding hydrogens is 266 g/mol. The molecule has 114 valence electrons. The maximum atomic E-state index is 12.4. The second-order valence-corrected chi connectivity index (χ2v) is 6.21. The molecule has 1 amide bonds. The zero-order chi connectivity index (χ0) is 15.6. The Labute approximate surface area is 125 Å². The molecule has 0 aromatic heterocycles. The van der Waals surface area contributed by atoms with E-state index in [2.05, 4.69) is 5.32 Å². The monoisotopic (exact) mass is 289 g/mol. The van der Waals surface area contributed by atoms with Crippen molar-refractivity contribution in [1.29, 1.82) is 0 Å². The zero-order valence-corrected chi connectivity index (χ0v) is 12.8. The highest BCUT2D eigenvalue weighted by Gasteiger charge is 2.41. The van der Waals surface area contributed by atoms with Crippen LogP contribution in [0.2, 0.25) is 0 Å². The van der Waals surface area contributed by atoms with E-state index in [1.807, 2.05) is 45.0 Å². The second kappa shape index (κ2) is 6.29. The van der Waals surface area contributed by atoms with Crippen molar-refractivity contribution in [2.24, 2.45) is 17.8 Å². The highest BCUT2D eigenvalue weighted by Crippen LogP contribution is 2.37. The first-order valence-electron chi connectivity index (χ1n) is 7.48. The molecule has 0 spiro atoms. The van der Waals surface area contributed by atoms with Crippen molar-refractivity contribution >= 4 is 11.9 Å². The second-order valence-electron chi connectivity index (χ2n) is 6.21. The summed E-state index contributed by atoms with van der Waals surface area (Å²) in [6, 6.07) is 7.81. The van der Waals surface area contributed by atoms with Crippen LogP contribution in [0.5, 0.6) is 0 Å². The van der Waals surface area contributed by atoms with Crippen molar-refractivity contribution in [3.05, 3.63) is 35.4 Å². The minimum Gasteiger partial charge on any atom is -0.481 e. The Hall–Kier alpha value is -1.84. The summed E-state index contributed by atoms with van der Waals surface area (Å²) in [5.41, 5.74) is 2.20. The predicted octanol–water partition coefficient (Wildman–Crippen LogP) is 2.92. The largest absolute Gasteiger partial charge is 0.481 e. The number of rotatable bonds is 4. The topological polar surface area (TPSA) is 66.4 Å². The molecule has 4 atom stereocenters. The number of carboxylic acids is 1. The number of carboxylic acid groups (broad SMARTS) is 1. The van der Waals surface area contributed by atoms with Crippen LogP contribution in [0, 0.1) is 24.7 Å². The van der Waals surface area contributed by atoms with Crippen molar-refractivity contribution < 1.29 is 14.7 Å². The van der Waals surface area contributed by atoms with E-state index in [0.29, 0.717) is 12.8 Å². The molecule has 21 heavy (non-hydrogen) atoms. The van der Waals surface area contributed by atoms with Gasteiger partial charge in [-0.15, -0.1) is 0 Å². The summed E-state index contributed by atoms with van der Waals surface area (Å²) in [4.78, 5) is 23.7. The lowest BCUT2D eigenvalue weighted by atomic mass is 9.94. The lowest BCUT2D eigenvalue weighted by molar-refractivity contribution is -0.146. The van der Waals surface area contributed by atoms with Gasteiger partial charge in [0.05, 0.1) is 17.9 Å². The quantitative estimate of drug-likeness (QED) is 0.895. The highest BCUT2D eigenvalue weighted by molar-refractivity contribution is 5.85. The summed E-state index contributed by atoms with van der Waals surface area (Å²) in [5.74, 6) is -1.67. The Balaban J connectivity index is 2.07. The van der Waals surface area contributed by atoms with E-state index in [-0.39, 0.29) is 17.9 Å². The van der Waals surface area contributed by atoms with Gasteiger partial charge in [-0.2, -0.15) is 0 Å². The van der Waals surface area contributed by atoms with Crippen LogP contribution in [0.4, 0.5) is 0 Å². The fourth-order valence-corrected chi connectivity index (χ4v) is 3.33. The molecule has 2 N–H and O–H groups in total. The summed E-state index contributed by atoms with van der Waals surface area (Å²) >= 11 is 0. The molecular formula is C17H23NO3. The van der Waals surface area contributed by atoms with Crippen molar-refractivity contribution in [2.45, 2.75) is 39.7 Å². The van der Waals surface area contributed by atoms with Gasteiger partial charge in [-0.3, -0.25) is 9.59 Å². The van der Waals surface area contributed by atoms with Crippen molar-refractivity contribution in [3.63, 3.8) is 0 Å². The predicted molar refractivity (Wildman–Crippen MR) is 80.8 cm³/mol. The average Bonchev–Trinajstić information content (AvgIpc) is 2.81. The summed E-state index contributed by atoms with van der Waals surface area (Å²) in [6.07, 6.45) is 1.25. The number of hydrogen-bond acceptors (Lipinski definition) is 2. The molecule has 0 radical (unpaired) electrons. The van der Waals surface area contributed by atoms with Gasteiger partial charge in [-0.1, -0.05) is 31.2 Å². The average molecular weight is 289 g/mol. The zero-order valence-electron chi connectivity index (χ0n) is 12.8. The van der Waals surface area contributed by atoms with Gasteiger partial charge in [0.1, 0.15) is 0 Å². The van der Waals surface area contributed by atoms with Crippen molar-refractivity contribution in [1.82, 2.24) is 5.32 Å². The number of amides is 1. The van der Waals surface area contributed by atoms with E-state index < -0.39 is 17.8 Å². The highest BCUT2D eigenvalue weighted by atomic mass is 16.4. The normalized spacial score (nSPS) is 26.3. The molecule has 4 heteroatoms. The molecule has 1 aromatic rings. The minimum atomic E-state index is -0.858. The lowest BCUT2D eigenvalue weighted by Crippen LogP contribution is -2.36. The Bertz CT molecular complexity index is 541. The van der Waals surface area contributed by atoms with E-state index in [4.69, 9.17) is 0 Å². The van der Waals surface area contributed by atoms with Crippen molar-refractivity contribution in [3.8, 4) is 0 Å². The first kappa shape index (κ1) is 15.5. The van der Waals surface area contributed by atoms with Crippen LogP contribution in [-0.4, -0.2) is 17.0 Å². The Morgan fingerprint density at radius 2 is 1.86 bits per heavy atom. The maximum Gasteiger partial charge on any atom is 0.307 e. The molecule has 1 aliphatic carbocycles. The van der Waals surface area contributed by atoms with E-state index in [9.17, 15) is 14.7 Å². The fraction of sp³-hybridized carbons (Fsp3) is 0.529. The number of hydrogen-bond donors (Lipinski definition) is 2. The van der Waals surface area contributed by atoms with Gasteiger partial charge >= 0.3 is 5.97 Å². The smallest absolute Gasteiger partial charge is 0.307 e. The van der Waals surface area contributed by atoms with Gasteiger partial charge < -0.3 is 10.4 Å². The lowest BCUT2D eigenvalue weighted by Gasteiger charge is -2.21. The summed E-state index contributed by atoms with van der Waals surface area (Å²) in [7, 11) is 0. The Morgan fingerprint density at radius 3 is 2.48 bits per heavy atom. The molecule has 0 heterocycles. The van der Waals surface area contributed by atoms with Gasteiger partial charge in [-0.05, 0) is 43.7 Å². The molecule has 0 aliphatic heterocycles. The van der Waals surface area contributed by atoms with E-state index in [1.54, 1.807) is 0 Å². The number of carbonyl (C=O) groups is 2. The molecule has 0 saturated heterocycles.